The summed E-state index contributed by atoms with van der Waals surface area (Å²) in [5.41, 5.74) is 3.98. The summed E-state index contributed by atoms with van der Waals surface area (Å²) < 4.78 is 0. The van der Waals surface area contributed by atoms with Crippen LogP contribution in [0.15, 0.2) is 18.2 Å². The maximum Gasteiger partial charge on any atom is 0.0843 e. The van der Waals surface area contributed by atoms with Crippen molar-refractivity contribution in [2.24, 2.45) is 0 Å². The topological polar surface area (TPSA) is 39.1 Å². The van der Waals surface area contributed by atoms with E-state index in [0.29, 0.717) is 12.6 Å². The third-order valence-electron chi connectivity index (χ3n) is 3.51. The second-order valence-corrected chi connectivity index (χ2v) is 4.74. The van der Waals surface area contributed by atoms with Gasteiger partial charge in [-0.25, -0.2) is 0 Å². The van der Waals surface area contributed by atoms with Crippen molar-refractivity contribution in [3.05, 3.63) is 29.3 Å². The molecule has 1 N–H and O–H groups in total. The Bertz CT molecular complexity index is 434. The van der Waals surface area contributed by atoms with Crippen LogP contribution in [0.1, 0.15) is 17.5 Å². The highest BCUT2D eigenvalue weighted by Gasteiger charge is 2.22. The van der Waals surface area contributed by atoms with Crippen LogP contribution in [0, 0.1) is 25.2 Å². The van der Waals surface area contributed by atoms with E-state index in [2.05, 4.69) is 48.3 Å². The van der Waals surface area contributed by atoms with Crippen molar-refractivity contribution in [3.8, 4) is 6.07 Å². The molecule has 1 saturated heterocycles. The fraction of sp³-hybridized carbons (Fsp3) is 0.500. The van der Waals surface area contributed by atoms with Gasteiger partial charge in [-0.15, -0.1) is 0 Å². The smallest absolute Gasteiger partial charge is 0.0843 e. The lowest BCUT2D eigenvalue weighted by atomic mass is 10.1. The maximum atomic E-state index is 8.55. The number of hydrogen-bond acceptors (Lipinski definition) is 3. The summed E-state index contributed by atoms with van der Waals surface area (Å²) in [6.07, 6.45) is 1.12. The molecule has 2 rings (SSSR count). The minimum atomic E-state index is 0.450. The zero-order chi connectivity index (χ0) is 12.3. The largest absolute Gasteiger partial charge is 0.370 e. The molecule has 90 valence electrons. The molecule has 0 bridgehead atoms. The van der Waals surface area contributed by atoms with Gasteiger partial charge in [0.25, 0.3) is 0 Å². The van der Waals surface area contributed by atoms with E-state index in [-0.39, 0.29) is 0 Å². The molecule has 1 aliphatic heterocycles. The van der Waals surface area contributed by atoms with Gasteiger partial charge in [0.05, 0.1) is 12.6 Å². The van der Waals surface area contributed by atoms with Crippen molar-refractivity contribution in [3.63, 3.8) is 0 Å². The molecule has 3 heteroatoms. The van der Waals surface area contributed by atoms with E-state index < -0.39 is 0 Å². The zero-order valence-electron chi connectivity index (χ0n) is 10.5. The highest BCUT2D eigenvalue weighted by molar-refractivity contribution is 5.51. The molecule has 17 heavy (non-hydrogen) atoms. The Labute approximate surface area is 103 Å². The van der Waals surface area contributed by atoms with E-state index in [9.17, 15) is 0 Å². The maximum absolute atomic E-state index is 8.55. The van der Waals surface area contributed by atoms with Gasteiger partial charge in [0, 0.05) is 24.8 Å². The molecule has 0 aliphatic carbocycles. The van der Waals surface area contributed by atoms with Crippen LogP contribution >= 0.6 is 0 Å². The molecule has 3 nitrogen and oxygen atoms in total. The van der Waals surface area contributed by atoms with Crippen LogP contribution in [0.2, 0.25) is 0 Å². The van der Waals surface area contributed by atoms with Gasteiger partial charge in [0.2, 0.25) is 0 Å². The van der Waals surface area contributed by atoms with Gasteiger partial charge in [-0.05, 0) is 43.5 Å². The minimum absolute atomic E-state index is 0.450. The molecule has 0 aromatic heterocycles. The number of aryl methyl sites for hydroxylation is 2. The average molecular weight is 229 g/mol. The average Bonchev–Trinajstić information content (AvgIpc) is 2.79. The second-order valence-electron chi connectivity index (χ2n) is 4.74. The van der Waals surface area contributed by atoms with E-state index in [4.69, 9.17) is 5.26 Å². The third-order valence-corrected chi connectivity index (χ3v) is 3.51. The predicted molar refractivity (Wildman–Crippen MR) is 70.1 cm³/mol. The summed E-state index contributed by atoms with van der Waals surface area (Å²) in [5.74, 6) is 0. The Balaban J connectivity index is 2.00. The molecule has 1 atom stereocenters. The van der Waals surface area contributed by atoms with Crippen molar-refractivity contribution >= 4 is 5.69 Å². The Hall–Kier alpha value is -1.53. The number of rotatable bonds is 3. The van der Waals surface area contributed by atoms with Gasteiger partial charge in [0.1, 0.15) is 0 Å². The van der Waals surface area contributed by atoms with E-state index in [1.807, 2.05) is 0 Å². The highest BCUT2D eigenvalue weighted by atomic mass is 15.2. The molecule has 1 unspecified atom stereocenters. The van der Waals surface area contributed by atoms with Crippen LogP contribution in [0.5, 0.6) is 0 Å². The van der Waals surface area contributed by atoms with Gasteiger partial charge >= 0.3 is 0 Å². The normalized spacial score (nSPS) is 19.4. The van der Waals surface area contributed by atoms with Crippen molar-refractivity contribution in [1.29, 1.82) is 5.26 Å². The van der Waals surface area contributed by atoms with Gasteiger partial charge in [-0.3, -0.25) is 5.32 Å². The Morgan fingerprint density at radius 2 is 2.24 bits per heavy atom. The Kier molecular flexibility index (Phi) is 3.65. The number of nitrogens with one attached hydrogen (secondary N) is 1. The predicted octanol–water partition coefficient (Wildman–Crippen LogP) is 2.00. The first kappa shape index (κ1) is 11.9. The molecule has 1 heterocycles. The van der Waals surface area contributed by atoms with Crippen molar-refractivity contribution < 1.29 is 0 Å². The molecule has 1 aliphatic rings. The standard InChI is InChI=1S/C14H19N3/c1-11-3-4-14(9-12(11)2)17-8-5-13(10-17)16-7-6-15/h3-4,9,13,16H,5,7-8,10H2,1-2H3. The molecular formula is C14H19N3. The first-order valence-corrected chi connectivity index (χ1v) is 6.13. The van der Waals surface area contributed by atoms with E-state index in [1.165, 1.54) is 16.8 Å². The number of anilines is 1. The molecule has 0 amide bonds. The molecular weight excluding hydrogens is 210 g/mol. The summed E-state index contributed by atoms with van der Waals surface area (Å²) in [6.45, 7) is 6.82. The summed E-state index contributed by atoms with van der Waals surface area (Å²) in [4.78, 5) is 2.39. The molecule has 1 aromatic rings. The van der Waals surface area contributed by atoms with Gasteiger partial charge in [-0.1, -0.05) is 6.07 Å². The van der Waals surface area contributed by atoms with Crippen molar-refractivity contribution in [2.75, 3.05) is 24.5 Å². The van der Waals surface area contributed by atoms with Crippen molar-refractivity contribution in [2.45, 2.75) is 26.3 Å². The van der Waals surface area contributed by atoms with Crippen LogP contribution in [0.3, 0.4) is 0 Å². The monoisotopic (exact) mass is 229 g/mol. The summed E-state index contributed by atoms with van der Waals surface area (Å²) in [7, 11) is 0. The van der Waals surface area contributed by atoms with E-state index in [1.54, 1.807) is 0 Å². The summed E-state index contributed by atoms with van der Waals surface area (Å²) >= 11 is 0. The van der Waals surface area contributed by atoms with Gasteiger partial charge < -0.3 is 4.90 Å². The minimum Gasteiger partial charge on any atom is -0.370 e. The SMILES string of the molecule is Cc1ccc(N2CCC(NCC#N)C2)cc1C. The van der Waals surface area contributed by atoms with Crippen LogP contribution in [-0.2, 0) is 0 Å². The number of benzene rings is 1. The van der Waals surface area contributed by atoms with Crippen LogP contribution in [-0.4, -0.2) is 25.7 Å². The second kappa shape index (κ2) is 5.20. The van der Waals surface area contributed by atoms with Gasteiger partial charge in [0.15, 0.2) is 0 Å². The van der Waals surface area contributed by atoms with E-state index in [0.717, 1.165) is 19.5 Å². The third kappa shape index (κ3) is 2.78. The van der Waals surface area contributed by atoms with Crippen LogP contribution in [0.25, 0.3) is 0 Å². The zero-order valence-corrected chi connectivity index (χ0v) is 10.5. The van der Waals surface area contributed by atoms with E-state index >= 15 is 0 Å². The molecule has 0 saturated carbocycles. The first-order chi connectivity index (χ1) is 8.20. The molecule has 0 spiro atoms. The fourth-order valence-electron chi connectivity index (χ4n) is 2.27. The molecule has 1 fully saturated rings. The lowest BCUT2D eigenvalue weighted by Gasteiger charge is -2.19. The van der Waals surface area contributed by atoms with Crippen molar-refractivity contribution in [1.82, 2.24) is 5.32 Å². The Morgan fingerprint density at radius 1 is 1.41 bits per heavy atom. The first-order valence-electron chi connectivity index (χ1n) is 6.13. The van der Waals surface area contributed by atoms with Gasteiger partial charge in [-0.2, -0.15) is 5.26 Å². The number of hydrogen-bond donors (Lipinski definition) is 1. The quantitative estimate of drug-likeness (QED) is 0.806. The molecule has 0 radical (unpaired) electrons. The van der Waals surface area contributed by atoms with Crippen LogP contribution < -0.4 is 10.2 Å². The summed E-state index contributed by atoms with van der Waals surface area (Å²) in [6, 6.07) is 9.21. The number of nitriles is 1. The lowest BCUT2D eigenvalue weighted by Crippen LogP contribution is -2.32. The molecule has 1 aromatic carbocycles. The van der Waals surface area contributed by atoms with Crippen LogP contribution in [0.4, 0.5) is 5.69 Å². The summed E-state index contributed by atoms with van der Waals surface area (Å²) in [5, 5.41) is 11.8. The lowest BCUT2D eigenvalue weighted by molar-refractivity contribution is 0.591. The highest BCUT2D eigenvalue weighted by Crippen LogP contribution is 2.22. The Morgan fingerprint density at radius 3 is 2.94 bits per heavy atom. The fourth-order valence-corrected chi connectivity index (χ4v) is 2.27. The number of nitrogens with zero attached hydrogens (tertiary/aromatic N) is 2.